The molecule has 4 aliphatic carbocycles. The third-order valence-corrected chi connectivity index (χ3v) is 12.8. The Morgan fingerprint density at radius 3 is 1.58 bits per heavy atom. The summed E-state index contributed by atoms with van der Waals surface area (Å²) in [6, 6.07) is 0. The van der Waals surface area contributed by atoms with Crippen LogP contribution in [0.5, 0.6) is 0 Å². The van der Waals surface area contributed by atoms with Crippen molar-refractivity contribution >= 4 is 0 Å². The number of hydrogen-bond acceptors (Lipinski definition) is 7. The summed E-state index contributed by atoms with van der Waals surface area (Å²) >= 11 is 0. The van der Waals surface area contributed by atoms with Crippen molar-refractivity contribution in [2.75, 3.05) is 33.0 Å². The minimum Gasteiger partial charge on any atom is -0.396 e. The molecule has 4 saturated carbocycles. The molecule has 0 aromatic carbocycles. The van der Waals surface area contributed by atoms with Crippen LogP contribution in [0.2, 0.25) is 0 Å². The van der Waals surface area contributed by atoms with Crippen molar-refractivity contribution in [2.24, 2.45) is 53.3 Å². The van der Waals surface area contributed by atoms with Gasteiger partial charge in [-0.3, -0.25) is 0 Å². The first kappa shape index (κ1) is 52.7. The van der Waals surface area contributed by atoms with Gasteiger partial charge < -0.3 is 35.0 Å². The van der Waals surface area contributed by atoms with Crippen molar-refractivity contribution in [2.45, 2.75) is 209 Å². The maximum absolute atomic E-state index is 9.61. The highest BCUT2D eigenvalue weighted by Gasteiger charge is 2.48. The largest absolute Gasteiger partial charge is 0.396 e. The second kappa shape index (κ2) is 32.8. The zero-order chi connectivity index (χ0) is 40.2. The molecule has 7 heteroatoms. The van der Waals surface area contributed by atoms with E-state index in [4.69, 9.17) is 19.7 Å². The molecule has 0 radical (unpaired) electrons. The molecule has 53 heavy (non-hydrogen) atoms. The molecule has 0 aromatic rings. The van der Waals surface area contributed by atoms with Crippen LogP contribution in [-0.4, -0.2) is 83.0 Å². The fourth-order valence-corrected chi connectivity index (χ4v) is 8.62. The zero-order valence-electron chi connectivity index (χ0n) is 36.8. The van der Waals surface area contributed by atoms with Crippen LogP contribution in [0.3, 0.4) is 0 Å². The second-order valence-corrected chi connectivity index (χ2v) is 17.6. The Balaban J connectivity index is 0.000000638. The van der Waals surface area contributed by atoms with Gasteiger partial charge in [-0.15, -0.1) is 0 Å². The molecule has 2 bridgehead atoms. The van der Waals surface area contributed by atoms with Gasteiger partial charge in [0.05, 0.1) is 37.6 Å². The van der Waals surface area contributed by atoms with Gasteiger partial charge in [0.1, 0.15) is 0 Å². The Labute approximate surface area is 329 Å². The molecule has 7 nitrogen and oxygen atoms in total. The van der Waals surface area contributed by atoms with Gasteiger partial charge in [0, 0.05) is 25.7 Å². The molecule has 13 atom stereocenters. The molecule has 0 heterocycles. The van der Waals surface area contributed by atoms with E-state index in [2.05, 4.69) is 62.3 Å². The van der Waals surface area contributed by atoms with Crippen LogP contribution >= 0.6 is 0 Å². The van der Waals surface area contributed by atoms with Crippen molar-refractivity contribution in [3.63, 3.8) is 0 Å². The van der Waals surface area contributed by atoms with E-state index < -0.39 is 0 Å². The molecular weight excluding hydrogens is 664 g/mol. The highest BCUT2D eigenvalue weighted by molar-refractivity contribution is 4.97. The Hall–Kier alpha value is -0.280. The third kappa shape index (κ3) is 23.5. The Morgan fingerprint density at radius 2 is 1.15 bits per heavy atom. The predicted octanol–water partition coefficient (Wildman–Crippen LogP) is 10.2. The maximum Gasteiger partial charge on any atom is 0.0771 e. The smallest absolute Gasteiger partial charge is 0.0771 e. The normalized spacial score (nSPS) is 32.8. The molecule has 4 rings (SSSR count). The first-order valence-corrected chi connectivity index (χ1v) is 22.8. The van der Waals surface area contributed by atoms with E-state index in [-0.39, 0.29) is 31.0 Å². The number of aliphatic hydroxyl groups is 5. The molecule has 0 amide bonds. The summed E-state index contributed by atoms with van der Waals surface area (Å²) in [6.45, 7) is 24.7. The molecule has 4 aliphatic rings. The van der Waals surface area contributed by atoms with Crippen LogP contribution in [0.4, 0.5) is 0 Å². The Morgan fingerprint density at radius 1 is 0.585 bits per heavy atom. The fourth-order valence-electron chi connectivity index (χ4n) is 8.62. The van der Waals surface area contributed by atoms with E-state index in [0.717, 1.165) is 81.8 Å². The van der Waals surface area contributed by atoms with E-state index in [9.17, 15) is 15.3 Å². The molecule has 0 aromatic heterocycles. The first-order chi connectivity index (χ1) is 25.3. The monoisotopic (exact) mass is 759 g/mol. The lowest BCUT2D eigenvalue weighted by atomic mass is 9.79. The quantitative estimate of drug-likeness (QED) is 0.0937. The van der Waals surface area contributed by atoms with Crippen molar-refractivity contribution < 1.29 is 35.0 Å². The van der Waals surface area contributed by atoms with Gasteiger partial charge in [0.2, 0.25) is 0 Å². The van der Waals surface area contributed by atoms with Crippen molar-refractivity contribution in [1.82, 2.24) is 0 Å². The second-order valence-electron chi connectivity index (χ2n) is 17.6. The lowest BCUT2D eigenvalue weighted by Crippen LogP contribution is -2.28. The molecular formula is C46H94O7. The minimum atomic E-state index is -0.267. The number of fused-ring (bicyclic) bond motifs is 2. The van der Waals surface area contributed by atoms with Gasteiger partial charge in [0.15, 0.2) is 0 Å². The van der Waals surface area contributed by atoms with Gasteiger partial charge in [-0.2, -0.15) is 0 Å². The predicted molar refractivity (Wildman–Crippen MR) is 224 cm³/mol. The average molecular weight is 759 g/mol. The summed E-state index contributed by atoms with van der Waals surface area (Å²) in [5.74, 6) is 6.08. The van der Waals surface area contributed by atoms with E-state index in [1.54, 1.807) is 0 Å². The third-order valence-electron chi connectivity index (χ3n) is 12.8. The molecule has 320 valence electrons. The summed E-state index contributed by atoms with van der Waals surface area (Å²) in [6.07, 6.45) is 21.0. The van der Waals surface area contributed by atoms with Crippen molar-refractivity contribution in [3.05, 3.63) is 0 Å². The molecule has 0 spiro atoms. The number of unbranched alkanes of at least 4 members (excludes halogenated alkanes) is 2. The Kier molecular flexibility index (Phi) is 32.6. The Bertz CT molecular complexity index is 764. The van der Waals surface area contributed by atoms with E-state index in [0.29, 0.717) is 42.8 Å². The lowest BCUT2D eigenvalue weighted by molar-refractivity contribution is 0.0340. The first-order valence-electron chi connectivity index (χ1n) is 22.8. The van der Waals surface area contributed by atoms with Crippen LogP contribution in [-0.2, 0) is 9.47 Å². The highest BCUT2D eigenvalue weighted by atomic mass is 16.5. The maximum atomic E-state index is 9.61. The van der Waals surface area contributed by atoms with E-state index in [1.165, 1.54) is 70.6 Å². The summed E-state index contributed by atoms with van der Waals surface area (Å²) < 4.78 is 10.5. The number of hydrogen-bond donors (Lipinski definition) is 5. The summed E-state index contributed by atoms with van der Waals surface area (Å²) in [7, 11) is 0. The summed E-state index contributed by atoms with van der Waals surface area (Å²) in [5, 5.41) is 46.5. The van der Waals surface area contributed by atoms with E-state index in [1.807, 2.05) is 6.92 Å². The van der Waals surface area contributed by atoms with Crippen LogP contribution < -0.4 is 0 Å². The standard InChI is InChI=1S/2C10H20O.C9H20O2.C9H16O.C8H18O2/c1-3-4-9-5-6-10(11)8(2)7-9;1-3-4-9-6-5-8(2)10(11)7-9;1-3-5-6-11-8-9(4-2)7-10;1-5-3-7-4-8(5)6(2)9(7)10;1-3-5-6-10-7-8(9)4-2/h2*8-11H,3-7H2,1-2H3;9-10H,3-8H2,1-2H3;5-10H,3-4H2,1-2H3;8-9H,3-7H2,1-2H3. The molecule has 0 aliphatic heterocycles. The van der Waals surface area contributed by atoms with Crippen LogP contribution in [0.25, 0.3) is 0 Å². The molecule has 13 unspecified atom stereocenters. The van der Waals surface area contributed by atoms with Crippen molar-refractivity contribution in [1.29, 1.82) is 0 Å². The number of rotatable bonds is 17. The molecule has 5 N–H and O–H groups in total. The van der Waals surface area contributed by atoms with Crippen LogP contribution in [0.15, 0.2) is 0 Å². The van der Waals surface area contributed by atoms with Crippen LogP contribution in [0, 0.1) is 53.3 Å². The number of ether oxygens (including phenoxy) is 2. The summed E-state index contributed by atoms with van der Waals surface area (Å²) in [4.78, 5) is 0. The van der Waals surface area contributed by atoms with Crippen molar-refractivity contribution in [3.8, 4) is 0 Å². The van der Waals surface area contributed by atoms with Gasteiger partial charge in [-0.05, 0) is 118 Å². The zero-order valence-corrected chi connectivity index (χ0v) is 36.8. The van der Waals surface area contributed by atoms with Crippen LogP contribution in [0.1, 0.15) is 185 Å². The lowest BCUT2D eigenvalue weighted by Gasteiger charge is -2.30. The van der Waals surface area contributed by atoms with Gasteiger partial charge in [-0.25, -0.2) is 0 Å². The van der Waals surface area contributed by atoms with Gasteiger partial charge >= 0.3 is 0 Å². The SMILES string of the molecule is CC1CC2CC1C(C)C2O.CCCC1CCC(C)C(O)C1.CCCC1CCC(O)C(C)C1.CCCCOCC(CC)CO.CCCCOCC(O)CC. The fraction of sp³-hybridized carbons (Fsp3) is 1.00. The highest BCUT2D eigenvalue weighted by Crippen LogP contribution is 2.51. The van der Waals surface area contributed by atoms with E-state index >= 15 is 0 Å². The average Bonchev–Trinajstić information content (AvgIpc) is 3.67. The number of aliphatic hydroxyl groups excluding tert-OH is 5. The molecule has 4 fully saturated rings. The molecule has 0 saturated heterocycles. The minimum absolute atomic E-state index is 0.0110. The van der Waals surface area contributed by atoms with Gasteiger partial charge in [-0.1, -0.05) is 114 Å². The van der Waals surface area contributed by atoms with Gasteiger partial charge in [0.25, 0.3) is 0 Å². The summed E-state index contributed by atoms with van der Waals surface area (Å²) in [5.41, 5.74) is 0. The topological polar surface area (TPSA) is 120 Å².